The van der Waals surface area contributed by atoms with Gasteiger partial charge in [0.2, 0.25) is 0 Å². The number of aryl methyl sites for hydroxylation is 1. The summed E-state index contributed by atoms with van der Waals surface area (Å²) < 4.78 is 0. The fourth-order valence-corrected chi connectivity index (χ4v) is 2.29. The van der Waals surface area contributed by atoms with Crippen molar-refractivity contribution in [1.29, 1.82) is 5.41 Å². The lowest BCUT2D eigenvalue weighted by Crippen LogP contribution is -2.41. The van der Waals surface area contributed by atoms with Gasteiger partial charge in [0.05, 0.1) is 6.04 Å². The first-order chi connectivity index (χ1) is 10.5. The average Bonchev–Trinajstić information content (AvgIpc) is 2.51. The third-order valence-electron chi connectivity index (χ3n) is 3.85. The van der Waals surface area contributed by atoms with Gasteiger partial charge in [-0.15, -0.1) is 12.4 Å². The molecule has 0 unspecified atom stereocenters. The van der Waals surface area contributed by atoms with Gasteiger partial charge in [0.15, 0.2) is 0 Å². The Morgan fingerprint density at radius 3 is 2.26 bits per heavy atom. The Balaban J connectivity index is 0.00000484. The standard InChI is InChI=1S/C18H29N3O.ClH/c1-3-4-5-6-7-8-9-15-10-12-16(13-11-15)18(22)21-14(2)17(19)20;/h10-14H,3-9H2,1-2H3,(H3,19,20)(H,21,22);1H/t14-;/m1./s1. The molecule has 23 heavy (non-hydrogen) atoms. The summed E-state index contributed by atoms with van der Waals surface area (Å²) in [7, 11) is 0. The number of hydrogen-bond acceptors (Lipinski definition) is 2. The number of carbonyl (C=O) groups excluding carboxylic acids is 1. The van der Waals surface area contributed by atoms with Crippen LogP contribution in [0.15, 0.2) is 24.3 Å². The van der Waals surface area contributed by atoms with Gasteiger partial charge in [-0.3, -0.25) is 10.2 Å². The van der Waals surface area contributed by atoms with Crippen molar-refractivity contribution in [2.75, 3.05) is 0 Å². The molecule has 0 aromatic heterocycles. The van der Waals surface area contributed by atoms with Gasteiger partial charge in [0.1, 0.15) is 5.84 Å². The fraction of sp³-hybridized carbons (Fsp3) is 0.556. The first-order valence-electron chi connectivity index (χ1n) is 8.28. The predicted octanol–water partition coefficient (Wildman–Crippen LogP) is 4.07. The van der Waals surface area contributed by atoms with Crippen LogP contribution in [0.25, 0.3) is 0 Å². The molecule has 5 heteroatoms. The molecule has 0 aliphatic carbocycles. The summed E-state index contributed by atoms with van der Waals surface area (Å²) in [6.07, 6.45) is 8.82. The summed E-state index contributed by atoms with van der Waals surface area (Å²) >= 11 is 0. The molecule has 0 saturated carbocycles. The SMILES string of the molecule is CCCCCCCCc1ccc(C(=O)N[C@H](C)C(=N)N)cc1.Cl. The van der Waals surface area contributed by atoms with Gasteiger partial charge in [-0.05, 0) is 37.5 Å². The van der Waals surface area contributed by atoms with Crippen LogP contribution in [-0.2, 0) is 6.42 Å². The van der Waals surface area contributed by atoms with Crippen LogP contribution < -0.4 is 11.1 Å². The Labute approximate surface area is 146 Å². The van der Waals surface area contributed by atoms with E-state index in [1.54, 1.807) is 6.92 Å². The van der Waals surface area contributed by atoms with Crippen molar-refractivity contribution < 1.29 is 4.79 Å². The smallest absolute Gasteiger partial charge is 0.251 e. The number of carbonyl (C=O) groups is 1. The highest BCUT2D eigenvalue weighted by atomic mass is 35.5. The van der Waals surface area contributed by atoms with E-state index in [4.69, 9.17) is 11.1 Å². The molecule has 1 rings (SSSR count). The van der Waals surface area contributed by atoms with Crippen molar-refractivity contribution in [3.63, 3.8) is 0 Å². The first-order valence-corrected chi connectivity index (χ1v) is 8.28. The van der Waals surface area contributed by atoms with Crippen LogP contribution in [0.4, 0.5) is 0 Å². The fourth-order valence-electron chi connectivity index (χ4n) is 2.29. The Kier molecular flexibility index (Phi) is 11.1. The minimum Gasteiger partial charge on any atom is -0.386 e. The summed E-state index contributed by atoms with van der Waals surface area (Å²) in [5.41, 5.74) is 7.23. The quantitative estimate of drug-likeness (QED) is 0.341. The largest absolute Gasteiger partial charge is 0.386 e. The molecule has 0 radical (unpaired) electrons. The molecule has 0 aliphatic heterocycles. The summed E-state index contributed by atoms with van der Waals surface area (Å²) in [6.45, 7) is 3.93. The van der Waals surface area contributed by atoms with Crippen molar-refractivity contribution in [3.8, 4) is 0 Å². The summed E-state index contributed by atoms with van der Waals surface area (Å²) in [4.78, 5) is 12.0. The number of hydrogen-bond donors (Lipinski definition) is 3. The molecule has 0 saturated heterocycles. The molecule has 130 valence electrons. The number of rotatable bonds is 10. The van der Waals surface area contributed by atoms with Crippen molar-refractivity contribution in [2.24, 2.45) is 5.73 Å². The molecular weight excluding hydrogens is 310 g/mol. The van der Waals surface area contributed by atoms with Crippen LogP contribution in [0, 0.1) is 5.41 Å². The summed E-state index contributed by atoms with van der Waals surface area (Å²) in [6, 6.07) is 7.28. The highest BCUT2D eigenvalue weighted by Crippen LogP contribution is 2.11. The van der Waals surface area contributed by atoms with E-state index < -0.39 is 6.04 Å². The van der Waals surface area contributed by atoms with Gasteiger partial charge >= 0.3 is 0 Å². The maximum absolute atomic E-state index is 12.0. The number of benzene rings is 1. The molecule has 0 bridgehead atoms. The minimum absolute atomic E-state index is 0. The van der Waals surface area contributed by atoms with Crippen molar-refractivity contribution in [3.05, 3.63) is 35.4 Å². The molecular formula is C18H30ClN3O. The van der Waals surface area contributed by atoms with E-state index in [1.807, 2.05) is 24.3 Å². The van der Waals surface area contributed by atoms with Crippen LogP contribution in [-0.4, -0.2) is 17.8 Å². The maximum atomic E-state index is 12.0. The number of amidine groups is 1. The lowest BCUT2D eigenvalue weighted by atomic mass is 10.0. The summed E-state index contributed by atoms with van der Waals surface area (Å²) in [5, 5.41) is 9.99. The second-order valence-electron chi connectivity index (χ2n) is 5.87. The molecule has 1 aromatic rings. The molecule has 0 fully saturated rings. The predicted molar refractivity (Wildman–Crippen MR) is 99.6 cm³/mol. The summed E-state index contributed by atoms with van der Waals surface area (Å²) in [5.74, 6) is -0.221. The van der Waals surface area contributed by atoms with Crippen LogP contribution >= 0.6 is 12.4 Å². The van der Waals surface area contributed by atoms with E-state index in [9.17, 15) is 4.79 Å². The van der Waals surface area contributed by atoms with Crippen LogP contribution in [0.3, 0.4) is 0 Å². The topological polar surface area (TPSA) is 79.0 Å². The third-order valence-corrected chi connectivity index (χ3v) is 3.85. The van der Waals surface area contributed by atoms with Gasteiger partial charge in [-0.1, -0.05) is 51.2 Å². The van der Waals surface area contributed by atoms with E-state index in [0.717, 1.165) is 6.42 Å². The van der Waals surface area contributed by atoms with E-state index in [0.29, 0.717) is 5.56 Å². The maximum Gasteiger partial charge on any atom is 0.251 e. The van der Waals surface area contributed by atoms with Gasteiger partial charge in [-0.2, -0.15) is 0 Å². The Morgan fingerprint density at radius 1 is 1.13 bits per heavy atom. The molecule has 1 amide bonds. The van der Waals surface area contributed by atoms with E-state index in [-0.39, 0.29) is 24.1 Å². The number of nitrogens with one attached hydrogen (secondary N) is 2. The van der Waals surface area contributed by atoms with Crippen molar-refractivity contribution in [1.82, 2.24) is 5.32 Å². The number of halogens is 1. The number of amides is 1. The Hall–Kier alpha value is -1.55. The number of nitrogens with two attached hydrogens (primary N) is 1. The van der Waals surface area contributed by atoms with Crippen LogP contribution in [0.1, 0.15) is 68.3 Å². The molecule has 0 heterocycles. The first kappa shape index (κ1) is 21.4. The lowest BCUT2D eigenvalue weighted by Gasteiger charge is -2.12. The molecule has 1 aromatic carbocycles. The third kappa shape index (κ3) is 8.60. The highest BCUT2D eigenvalue weighted by molar-refractivity contribution is 5.97. The highest BCUT2D eigenvalue weighted by Gasteiger charge is 2.11. The van der Waals surface area contributed by atoms with Gasteiger partial charge in [0, 0.05) is 5.56 Å². The Bertz CT molecular complexity index is 474. The van der Waals surface area contributed by atoms with Crippen LogP contribution in [0.2, 0.25) is 0 Å². The van der Waals surface area contributed by atoms with Crippen molar-refractivity contribution in [2.45, 2.75) is 64.8 Å². The zero-order valence-corrected chi connectivity index (χ0v) is 15.0. The van der Waals surface area contributed by atoms with Crippen LogP contribution in [0.5, 0.6) is 0 Å². The Morgan fingerprint density at radius 2 is 1.70 bits per heavy atom. The zero-order valence-electron chi connectivity index (χ0n) is 14.2. The number of unbranched alkanes of at least 4 members (excludes halogenated alkanes) is 5. The van der Waals surface area contributed by atoms with Gasteiger partial charge in [-0.25, -0.2) is 0 Å². The van der Waals surface area contributed by atoms with E-state index in [1.165, 1.54) is 44.1 Å². The molecule has 0 spiro atoms. The van der Waals surface area contributed by atoms with E-state index >= 15 is 0 Å². The molecule has 4 nitrogen and oxygen atoms in total. The molecule has 4 N–H and O–H groups in total. The van der Waals surface area contributed by atoms with Crippen molar-refractivity contribution >= 4 is 24.1 Å². The molecule has 0 aliphatic rings. The zero-order chi connectivity index (χ0) is 16.4. The van der Waals surface area contributed by atoms with E-state index in [2.05, 4.69) is 12.2 Å². The second-order valence-corrected chi connectivity index (χ2v) is 5.87. The average molecular weight is 340 g/mol. The normalized spacial score (nSPS) is 11.4. The monoisotopic (exact) mass is 339 g/mol. The lowest BCUT2D eigenvalue weighted by molar-refractivity contribution is 0.0949. The second kappa shape index (κ2) is 11.9. The van der Waals surface area contributed by atoms with Gasteiger partial charge in [0.25, 0.3) is 5.91 Å². The van der Waals surface area contributed by atoms with Gasteiger partial charge < -0.3 is 11.1 Å². The minimum atomic E-state index is -0.435. The molecule has 1 atom stereocenters.